The monoisotopic (exact) mass is 259 g/mol. The standard InChI is InChI=1S/C15H21N3O/c1-19-10-6-5-9-16-11-14-12-17-18-15(14)13-7-3-2-4-8-13/h2-4,7-8,12,16H,5-6,9-11H2,1H3,(H,17,18). The highest BCUT2D eigenvalue weighted by Gasteiger charge is 2.06. The van der Waals surface area contributed by atoms with Crippen molar-refractivity contribution >= 4 is 0 Å². The molecule has 0 bridgehead atoms. The van der Waals surface area contributed by atoms with Crippen LogP contribution in [0.15, 0.2) is 36.5 Å². The van der Waals surface area contributed by atoms with Crippen molar-refractivity contribution in [2.45, 2.75) is 19.4 Å². The number of methoxy groups -OCH3 is 1. The zero-order valence-corrected chi connectivity index (χ0v) is 11.4. The lowest BCUT2D eigenvalue weighted by Crippen LogP contribution is -2.15. The van der Waals surface area contributed by atoms with Gasteiger partial charge in [0.1, 0.15) is 0 Å². The van der Waals surface area contributed by atoms with Gasteiger partial charge in [0.2, 0.25) is 0 Å². The Labute approximate surface area is 114 Å². The quantitative estimate of drug-likeness (QED) is 0.716. The molecule has 4 heteroatoms. The van der Waals surface area contributed by atoms with Crippen LogP contribution in [0.4, 0.5) is 0 Å². The second kappa shape index (κ2) is 7.71. The number of benzene rings is 1. The summed E-state index contributed by atoms with van der Waals surface area (Å²) in [6, 6.07) is 10.3. The minimum atomic E-state index is 0.836. The summed E-state index contributed by atoms with van der Waals surface area (Å²) in [4.78, 5) is 0. The molecule has 0 amide bonds. The maximum atomic E-state index is 5.03. The Hall–Kier alpha value is -1.65. The van der Waals surface area contributed by atoms with Crippen LogP contribution in [-0.2, 0) is 11.3 Å². The predicted molar refractivity (Wildman–Crippen MR) is 76.8 cm³/mol. The van der Waals surface area contributed by atoms with E-state index in [4.69, 9.17) is 4.74 Å². The first-order chi connectivity index (χ1) is 9.42. The first kappa shape index (κ1) is 13.8. The summed E-state index contributed by atoms with van der Waals surface area (Å²) < 4.78 is 5.03. The number of ether oxygens (including phenoxy) is 1. The van der Waals surface area contributed by atoms with Crippen LogP contribution in [0.25, 0.3) is 11.3 Å². The minimum absolute atomic E-state index is 0.836. The van der Waals surface area contributed by atoms with Gasteiger partial charge in [-0.15, -0.1) is 0 Å². The number of aromatic nitrogens is 2. The lowest BCUT2D eigenvalue weighted by Gasteiger charge is -2.05. The zero-order chi connectivity index (χ0) is 13.3. The fraction of sp³-hybridized carbons (Fsp3) is 0.400. The van der Waals surface area contributed by atoms with Gasteiger partial charge < -0.3 is 10.1 Å². The highest BCUT2D eigenvalue weighted by Crippen LogP contribution is 2.20. The summed E-state index contributed by atoms with van der Waals surface area (Å²) in [6.45, 7) is 2.68. The van der Waals surface area contributed by atoms with Gasteiger partial charge in [0.25, 0.3) is 0 Å². The number of H-pyrrole nitrogens is 1. The van der Waals surface area contributed by atoms with Crippen molar-refractivity contribution in [1.29, 1.82) is 0 Å². The van der Waals surface area contributed by atoms with E-state index in [0.717, 1.165) is 38.2 Å². The van der Waals surface area contributed by atoms with Gasteiger partial charge >= 0.3 is 0 Å². The summed E-state index contributed by atoms with van der Waals surface area (Å²) in [6.07, 6.45) is 4.12. The molecule has 0 saturated carbocycles. The van der Waals surface area contributed by atoms with Crippen LogP contribution < -0.4 is 5.32 Å². The Morgan fingerprint density at radius 3 is 2.84 bits per heavy atom. The molecule has 2 N–H and O–H groups in total. The molecule has 1 aromatic heterocycles. The molecule has 0 saturated heterocycles. The Kier molecular flexibility index (Phi) is 5.59. The molecule has 2 aromatic rings. The number of hydrogen-bond acceptors (Lipinski definition) is 3. The molecular weight excluding hydrogens is 238 g/mol. The Balaban J connectivity index is 1.83. The fourth-order valence-electron chi connectivity index (χ4n) is 2.02. The maximum Gasteiger partial charge on any atom is 0.0695 e. The van der Waals surface area contributed by atoms with Gasteiger partial charge in [-0.2, -0.15) is 5.10 Å². The van der Waals surface area contributed by atoms with Crippen molar-refractivity contribution in [3.05, 3.63) is 42.1 Å². The number of rotatable bonds is 8. The molecule has 0 aliphatic rings. The zero-order valence-electron chi connectivity index (χ0n) is 11.4. The van der Waals surface area contributed by atoms with Gasteiger partial charge in [-0.3, -0.25) is 5.10 Å². The maximum absolute atomic E-state index is 5.03. The number of hydrogen-bond donors (Lipinski definition) is 2. The summed E-state index contributed by atoms with van der Waals surface area (Å²) in [5, 5.41) is 10.7. The van der Waals surface area contributed by atoms with E-state index in [1.165, 1.54) is 11.1 Å². The Morgan fingerprint density at radius 1 is 1.21 bits per heavy atom. The topological polar surface area (TPSA) is 49.9 Å². The summed E-state index contributed by atoms with van der Waals surface area (Å²) in [5.74, 6) is 0. The van der Waals surface area contributed by atoms with Crippen LogP contribution in [-0.4, -0.2) is 30.5 Å². The van der Waals surface area contributed by atoms with Crippen LogP contribution in [0, 0.1) is 0 Å². The number of nitrogens with zero attached hydrogens (tertiary/aromatic N) is 1. The summed E-state index contributed by atoms with van der Waals surface area (Å²) in [5.41, 5.74) is 3.49. The molecule has 0 spiro atoms. The molecule has 0 atom stereocenters. The molecular formula is C15H21N3O. The van der Waals surface area contributed by atoms with Gasteiger partial charge in [-0.1, -0.05) is 30.3 Å². The molecule has 102 valence electrons. The molecule has 2 rings (SSSR count). The van der Waals surface area contributed by atoms with Crippen molar-refractivity contribution in [2.75, 3.05) is 20.3 Å². The molecule has 19 heavy (non-hydrogen) atoms. The third kappa shape index (κ3) is 4.19. The van der Waals surface area contributed by atoms with Crippen LogP contribution in [0.5, 0.6) is 0 Å². The lowest BCUT2D eigenvalue weighted by molar-refractivity contribution is 0.192. The third-order valence-electron chi connectivity index (χ3n) is 3.05. The molecule has 1 heterocycles. The molecule has 4 nitrogen and oxygen atoms in total. The fourth-order valence-corrected chi connectivity index (χ4v) is 2.02. The number of nitrogens with one attached hydrogen (secondary N) is 2. The predicted octanol–water partition coefficient (Wildman–Crippen LogP) is 2.59. The van der Waals surface area contributed by atoms with E-state index in [1.54, 1.807) is 7.11 Å². The highest BCUT2D eigenvalue weighted by molar-refractivity contribution is 5.62. The largest absolute Gasteiger partial charge is 0.385 e. The molecule has 0 aliphatic heterocycles. The van der Waals surface area contributed by atoms with Crippen molar-refractivity contribution in [3.8, 4) is 11.3 Å². The van der Waals surface area contributed by atoms with E-state index in [0.29, 0.717) is 0 Å². The average Bonchev–Trinajstić information content (AvgIpc) is 2.92. The van der Waals surface area contributed by atoms with E-state index in [1.807, 2.05) is 24.4 Å². The minimum Gasteiger partial charge on any atom is -0.385 e. The van der Waals surface area contributed by atoms with Crippen LogP contribution in [0.3, 0.4) is 0 Å². The van der Waals surface area contributed by atoms with Crippen molar-refractivity contribution < 1.29 is 4.74 Å². The van der Waals surface area contributed by atoms with Gasteiger partial charge in [-0.05, 0) is 24.9 Å². The second-order valence-corrected chi connectivity index (χ2v) is 4.51. The van der Waals surface area contributed by atoms with E-state index in [2.05, 4.69) is 27.6 Å². The summed E-state index contributed by atoms with van der Waals surface area (Å²) >= 11 is 0. The van der Waals surface area contributed by atoms with Gasteiger partial charge in [0, 0.05) is 25.8 Å². The normalized spacial score (nSPS) is 10.8. The molecule has 1 aromatic carbocycles. The first-order valence-corrected chi connectivity index (χ1v) is 6.69. The van der Waals surface area contributed by atoms with Gasteiger partial charge in [0.15, 0.2) is 0 Å². The lowest BCUT2D eigenvalue weighted by atomic mass is 10.1. The molecule has 0 unspecified atom stereocenters. The van der Waals surface area contributed by atoms with Crippen molar-refractivity contribution in [3.63, 3.8) is 0 Å². The smallest absolute Gasteiger partial charge is 0.0695 e. The van der Waals surface area contributed by atoms with Crippen molar-refractivity contribution in [2.24, 2.45) is 0 Å². The van der Waals surface area contributed by atoms with Gasteiger partial charge in [-0.25, -0.2) is 0 Å². The Bertz CT molecular complexity index is 467. The molecule has 0 radical (unpaired) electrons. The van der Waals surface area contributed by atoms with E-state index in [-0.39, 0.29) is 0 Å². The van der Waals surface area contributed by atoms with E-state index < -0.39 is 0 Å². The second-order valence-electron chi connectivity index (χ2n) is 4.51. The van der Waals surface area contributed by atoms with E-state index in [9.17, 15) is 0 Å². The van der Waals surface area contributed by atoms with E-state index >= 15 is 0 Å². The number of aromatic amines is 1. The molecule has 0 aliphatic carbocycles. The third-order valence-corrected chi connectivity index (χ3v) is 3.05. The number of unbranched alkanes of at least 4 members (excludes halogenated alkanes) is 1. The van der Waals surface area contributed by atoms with Gasteiger partial charge in [0.05, 0.1) is 11.9 Å². The first-order valence-electron chi connectivity index (χ1n) is 6.69. The average molecular weight is 259 g/mol. The van der Waals surface area contributed by atoms with Crippen molar-refractivity contribution in [1.82, 2.24) is 15.5 Å². The molecule has 0 fully saturated rings. The van der Waals surface area contributed by atoms with Crippen LogP contribution in [0.1, 0.15) is 18.4 Å². The highest BCUT2D eigenvalue weighted by atomic mass is 16.5. The van der Waals surface area contributed by atoms with Crippen LogP contribution >= 0.6 is 0 Å². The summed E-state index contributed by atoms with van der Waals surface area (Å²) in [7, 11) is 1.74. The Morgan fingerprint density at radius 2 is 2.05 bits per heavy atom. The SMILES string of the molecule is COCCCCNCc1cn[nH]c1-c1ccccc1. The van der Waals surface area contributed by atoms with Crippen LogP contribution in [0.2, 0.25) is 0 Å².